The molecule has 0 spiro atoms. The molecule has 2 aromatic carbocycles. The van der Waals surface area contributed by atoms with Crippen molar-refractivity contribution in [3.05, 3.63) is 65.7 Å². The van der Waals surface area contributed by atoms with Gasteiger partial charge in [0, 0.05) is 0 Å². The zero-order valence-corrected chi connectivity index (χ0v) is 17.1. The van der Waals surface area contributed by atoms with E-state index in [1.165, 1.54) is 16.3 Å². The number of rotatable bonds is 3. The zero-order chi connectivity index (χ0) is 16.8. The Hall–Kier alpha value is -1.17. The molecular formula is C19H30OSi2. The van der Waals surface area contributed by atoms with Crippen molar-refractivity contribution in [2.75, 3.05) is 0 Å². The van der Waals surface area contributed by atoms with Gasteiger partial charge in [-0.2, -0.15) is 0 Å². The van der Waals surface area contributed by atoms with Gasteiger partial charge in [-0.25, -0.2) is 0 Å². The molecule has 0 aliphatic rings. The summed E-state index contributed by atoms with van der Waals surface area (Å²) in [6.07, 6.45) is 0. The summed E-state index contributed by atoms with van der Waals surface area (Å²) in [7, 11) is -3.10. The second-order valence-corrected chi connectivity index (χ2v) is 15.9. The molecule has 1 nitrogen and oxygen atoms in total. The Balaban J connectivity index is 0.000000287. The molecule has 0 bridgehead atoms. The van der Waals surface area contributed by atoms with Gasteiger partial charge in [0.25, 0.3) is 0 Å². The molecule has 0 aliphatic carbocycles. The van der Waals surface area contributed by atoms with Gasteiger partial charge in [-0.05, 0) is 51.8 Å². The van der Waals surface area contributed by atoms with E-state index in [0.29, 0.717) is 0 Å². The molecule has 0 heterocycles. The summed E-state index contributed by atoms with van der Waals surface area (Å²) >= 11 is 0. The average Bonchev–Trinajstić information content (AvgIpc) is 2.38. The van der Waals surface area contributed by atoms with Gasteiger partial charge in [0.2, 0.25) is 8.32 Å². The van der Waals surface area contributed by atoms with Crippen LogP contribution in [0, 0.1) is 13.8 Å². The molecule has 0 N–H and O–H groups in total. The van der Waals surface area contributed by atoms with Crippen molar-refractivity contribution in [1.82, 2.24) is 0 Å². The minimum atomic E-state index is -1.68. The molecule has 0 fully saturated rings. The lowest BCUT2D eigenvalue weighted by atomic mass is 10.2. The summed E-state index contributed by atoms with van der Waals surface area (Å²) in [6, 6.07) is 19.1. The van der Waals surface area contributed by atoms with Crippen LogP contribution < -0.4 is 5.19 Å². The molecule has 0 unspecified atom stereocenters. The molecule has 120 valence electrons. The van der Waals surface area contributed by atoms with Crippen molar-refractivity contribution in [2.45, 2.75) is 46.6 Å². The van der Waals surface area contributed by atoms with Crippen LogP contribution in [0.1, 0.15) is 11.1 Å². The lowest BCUT2D eigenvalue weighted by Gasteiger charge is -2.31. The van der Waals surface area contributed by atoms with E-state index in [0.717, 1.165) is 0 Å². The van der Waals surface area contributed by atoms with E-state index in [1.54, 1.807) is 0 Å². The Kier molecular flexibility index (Phi) is 6.78. The summed E-state index contributed by atoms with van der Waals surface area (Å²) in [6.45, 7) is 15.6. The molecule has 2 aromatic rings. The van der Waals surface area contributed by atoms with Crippen molar-refractivity contribution >= 4 is 21.8 Å². The highest BCUT2D eigenvalue weighted by atomic mass is 28.4. The summed E-state index contributed by atoms with van der Waals surface area (Å²) in [5.74, 6) is 0. The van der Waals surface area contributed by atoms with Gasteiger partial charge in [-0.15, -0.1) is 0 Å². The van der Waals surface area contributed by atoms with E-state index in [2.05, 4.69) is 83.0 Å². The van der Waals surface area contributed by atoms with Crippen LogP contribution in [0.4, 0.5) is 0 Å². The van der Waals surface area contributed by atoms with Crippen molar-refractivity contribution in [3.63, 3.8) is 0 Å². The molecule has 22 heavy (non-hydrogen) atoms. The topological polar surface area (TPSA) is 9.23 Å². The minimum Gasteiger partial charge on any atom is -0.452 e. The third-order valence-corrected chi connectivity index (χ3v) is 9.46. The number of hydrogen-bond acceptors (Lipinski definition) is 1. The maximum atomic E-state index is 6.33. The van der Waals surface area contributed by atoms with Gasteiger partial charge >= 0.3 is 0 Å². The predicted octanol–water partition coefficient (Wildman–Crippen LogP) is 5.25. The Morgan fingerprint density at radius 1 is 0.636 bits per heavy atom. The van der Waals surface area contributed by atoms with Gasteiger partial charge in [-0.1, -0.05) is 65.7 Å². The molecule has 0 aliphatic heterocycles. The SMILES string of the molecule is Cc1ccc([Si](C)(C)O[Si](C)(C)C)cc1.Cc1ccccc1. The first-order valence-electron chi connectivity index (χ1n) is 7.89. The third kappa shape index (κ3) is 7.20. The molecular weight excluding hydrogens is 300 g/mol. The van der Waals surface area contributed by atoms with Crippen LogP contribution in [-0.2, 0) is 4.12 Å². The Bertz CT molecular complexity index is 554. The highest BCUT2D eigenvalue weighted by Gasteiger charge is 2.31. The standard InChI is InChI=1S/C12H22OSi2.C7H8/c1-11-7-9-12(10-8-11)15(5,6)13-14(2,3)4;1-7-5-3-2-4-6-7/h7-10H,1-6H3;2-6H,1H3. The normalized spacial score (nSPS) is 11.6. The van der Waals surface area contributed by atoms with E-state index >= 15 is 0 Å². The maximum Gasteiger partial charge on any atom is 0.205 e. The predicted molar refractivity (Wildman–Crippen MR) is 104 cm³/mol. The van der Waals surface area contributed by atoms with E-state index < -0.39 is 16.6 Å². The molecule has 2 rings (SSSR count). The Morgan fingerprint density at radius 2 is 1.09 bits per heavy atom. The van der Waals surface area contributed by atoms with Crippen molar-refractivity contribution < 1.29 is 4.12 Å². The first-order chi connectivity index (χ1) is 10.1. The van der Waals surface area contributed by atoms with Crippen LogP contribution in [-0.4, -0.2) is 16.6 Å². The maximum absolute atomic E-state index is 6.33. The zero-order valence-electron chi connectivity index (χ0n) is 15.1. The molecule has 0 aromatic heterocycles. The van der Waals surface area contributed by atoms with Gasteiger partial charge in [0.05, 0.1) is 0 Å². The lowest BCUT2D eigenvalue weighted by molar-refractivity contribution is 0.566. The molecule has 0 saturated carbocycles. The molecule has 0 amide bonds. The van der Waals surface area contributed by atoms with Crippen LogP contribution in [0.3, 0.4) is 0 Å². The highest BCUT2D eigenvalue weighted by Crippen LogP contribution is 2.14. The fraction of sp³-hybridized carbons (Fsp3) is 0.368. The Labute approximate surface area is 138 Å². The van der Waals surface area contributed by atoms with Crippen molar-refractivity contribution in [2.24, 2.45) is 0 Å². The fourth-order valence-corrected chi connectivity index (χ4v) is 9.88. The van der Waals surface area contributed by atoms with Crippen molar-refractivity contribution in [1.29, 1.82) is 0 Å². The summed E-state index contributed by atoms with van der Waals surface area (Å²) in [5, 5.41) is 1.40. The van der Waals surface area contributed by atoms with E-state index in [1.807, 2.05) is 18.2 Å². The monoisotopic (exact) mass is 330 g/mol. The van der Waals surface area contributed by atoms with Gasteiger partial charge in [0.15, 0.2) is 8.32 Å². The van der Waals surface area contributed by atoms with E-state index in [4.69, 9.17) is 4.12 Å². The van der Waals surface area contributed by atoms with Crippen LogP contribution in [0.15, 0.2) is 54.6 Å². The highest BCUT2D eigenvalue weighted by molar-refractivity contribution is 6.92. The minimum absolute atomic E-state index is 1.32. The van der Waals surface area contributed by atoms with Crippen LogP contribution in [0.2, 0.25) is 32.7 Å². The van der Waals surface area contributed by atoms with Crippen LogP contribution in [0.5, 0.6) is 0 Å². The quantitative estimate of drug-likeness (QED) is 0.698. The molecule has 0 saturated heterocycles. The van der Waals surface area contributed by atoms with E-state index in [-0.39, 0.29) is 0 Å². The first-order valence-corrected chi connectivity index (χ1v) is 14.2. The summed E-state index contributed by atoms with van der Waals surface area (Å²) in [4.78, 5) is 0. The van der Waals surface area contributed by atoms with Gasteiger partial charge in [0.1, 0.15) is 0 Å². The number of benzene rings is 2. The summed E-state index contributed by atoms with van der Waals surface area (Å²) < 4.78 is 6.33. The smallest absolute Gasteiger partial charge is 0.205 e. The van der Waals surface area contributed by atoms with Crippen molar-refractivity contribution in [3.8, 4) is 0 Å². The molecule has 3 heteroatoms. The van der Waals surface area contributed by atoms with Gasteiger partial charge < -0.3 is 4.12 Å². The number of hydrogen-bond donors (Lipinski definition) is 0. The molecule has 0 radical (unpaired) electrons. The van der Waals surface area contributed by atoms with Gasteiger partial charge in [-0.3, -0.25) is 0 Å². The summed E-state index contributed by atoms with van der Waals surface area (Å²) in [5.41, 5.74) is 2.64. The fourth-order valence-electron chi connectivity index (χ4n) is 2.31. The van der Waals surface area contributed by atoms with E-state index in [9.17, 15) is 0 Å². The van der Waals surface area contributed by atoms with Crippen LogP contribution in [0.25, 0.3) is 0 Å². The Morgan fingerprint density at radius 3 is 1.45 bits per heavy atom. The largest absolute Gasteiger partial charge is 0.452 e. The van der Waals surface area contributed by atoms with Crippen LogP contribution >= 0.6 is 0 Å². The average molecular weight is 331 g/mol. The third-order valence-electron chi connectivity index (χ3n) is 3.25. The molecule has 0 atom stereocenters. The second-order valence-electron chi connectivity index (χ2n) is 7.25. The second kappa shape index (κ2) is 7.90. The number of aryl methyl sites for hydroxylation is 2. The first kappa shape index (κ1) is 18.9. The lowest BCUT2D eigenvalue weighted by Crippen LogP contribution is -2.51.